The van der Waals surface area contributed by atoms with Gasteiger partial charge in [0.2, 0.25) is 0 Å². The largest absolute Gasteiger partial charge is 0.310 e. The highest BCUT2D eigenvalue weighted by Crippen LogP contribution is 2.53. The second-order valence-electron chi connectivity index (χ2n) is 16.3. The minimum Gasteiger partial charge on any atom is -0.310 e. The molecule has 300 valence electrons. The quantitative estimate of drug-likeness (QED) is 0.153. The zero-order valence-corrected chi connectivity index (χ0v) is 35.0. The van der Waals surface area contributed by atoms with Crippen LogP contribution >= 0.6 is 0 Å². The standard InChI is InChI=1S/C57H42N6/c1-57(2)47-30-18-19-31-49(47)62(50-37-34-44(38-48(50)57)56-59-54(42-24-12-5-13-25-42)58-55(60-56)43-26-14-6-15-27-43)45-35-32-39(33-36-45)51-52(40-20-8-3-9-21-40)61-63(46-28-16-7-17-29-46)53(51)41-22-10-4-11-23-41/h3-38H,1-2H3. The van der Waals surface area contributed by atoms with Crippen LogP contribution in [0.1, 0.15) is 25.0 Å². The van der Waals surface area contributed by atoms with Gasteiger partial charge in [0.25, 0.3) is 0 Å². The molecule has 0 spiro atoms. The average molecular weight is 811 g/mol. The SMILES string of the molecule is CC1(C)c2ccccc2N(c2ccc(-c3c(-c4ccccc4)nn(-c4ccccc4)c3-c3ccccc3)cc2)c2ccc(-c3nc(-c4ccccc4)nc(-c4ccccc4)n3)cc21. The van der Waals surface area contributed by atoms with Crippen molar-refractivity contribution in [3.8, 4) is 73.5 Å². The zero-order chi connectivity index (χ0) is 42.3. The van der Waals surface area contributed by atoms with Crippen molar-refractivity contribution < 1.29 is 0 Å². The van der Waals surface area contributed by atoms with Gasteiger partial charge in [-0.3, -0.25) is 0 Å². The van der Waals surface area contributed by atoms with Crippen molar-refractivity contribution in [2.24, 2.45) is 0 Å². The Hall–Kier alpha value is -8.22. The van der Waals surface area contributed by atoms with Gasteiger partial charge in [0, 0.05) is 44.5 Å². The number of aromatic nitrogens is 5. The van der Waals surface area contributed by atoms with E-state index >= 15 is 0 Å². The summed E-state index contributed by atoms with van der Waals surface area (Å²) in [6.07, 6.45) is 0. The summed E-state index contributed by atoms with van der Waals surface area (Å²) in [7, 11) is 0. The molecule has 6 heteroatoms. The van der Waals surface area contributed by atoms with Gasteiger partial charge in [0.15, 0.2) is 17.5 Å². The molecule has 63 heavy (non-hydrogen) atoms. The van der Waals surface area contributed by atoms with Gasteiger partial charge in [0.05, 0.1) is 22.8 Å². The van der Waals surface area contributed by atoms with E-state index < -0.39 is 0 Å². The molecule has 1 aliphatic heterocycles. The molecule has 0 bridgehead atoms. The average Bonchev–Trinajstić information content (AvgIpc) is 3.76. The first-order valence-corrected chi connectivity index (χ1v) is 21.3. The lowest BCUT2D eigenvalue weighted by Gasteiger charge is -2.42. The lowest BCUT2D eigenvalue weighted by atomic mass is 9.73. The summed E-state index contributed by atoms with van der Waals surface area (Å²) < 4.78 is 2.09. The maximum absolute atomic E-state index is 5.36. The van der Waals surface area contributed by atoms with Crippen LogP contribution in [0, 0.1) is 0 Å². The van der Waals surface area contributed by atoms with Crippen LogP contribution in [0.3, 0.4) is 0 Å². The summed E-state index contributed by atoms with van der Waals surface area (Å²) >= 11 is 0. The highest BCUT2D eigenvalue weighted by atomic mass is 15.3. The van der Waals surface area contributed by atoms with Crippen molar-refractivity contribution in [3.63, 3.8) is 0 Å². The number of nitrogens with zero attached hydrogens (tertiary/aromatic N) is 6. The van der Waals surface area contributed by atoms with Crippen molar-refractivity contribution in [1.82, 2.24) is 24.7 Å². The number of benzene rings is 8. The molecule has 0 N–H and O–H groups in total. The zero-order valence-electron chi connectivity index (χ0n) is 35.0. The van der Waals surface area contributed by atoms with E-state index in [2.05, 4.69) is 175 Å². The summed E-state index contributed by atoms with van der Waals surface area (Å²) in [6, 6.07) is 76.2. The van der Waals surface area contributed by atoms with E-state index in [0.717, 1.165) is 73.1 Å². The van der Waals surface area contributed by atoms with E-state index in [4.69, 9.17) is 20.1 Å². The molecule has 0 saturated carbocycles. The maximum atomic E-state index is 5.36. The third kappa shape index (κ3) is 6.78. The van der Waals surface area contributed by atoms with E-state index in [-0.39, 0.29) is 5.41 Å². The number of anilines is 3. The third-order valence-corrected chi connectivity index (χ3v) is 12.1. The molecule has 0 atom stereocenters. The summed E-state index contributed by atoms with van der Waals surface area (Å²) in [5.41, 5.74) is 15.5. The topological polar surface area (TPSA) is 59.7 Å². The fourth-order valence-corrected chi connectivity index (χ4v) is 8.94. The molecule has 10 aromatic rings. The third-order valence-electron chi connectivity index (χ3n) is 12.1. The molecular formula is C57H42N6. The van der Waals surface area contributed by atoms with Crippen LogP contribution in [0.25, 0.3) is 73.5 Å². The summed E-state index contributed by atoms with van der Waals surface area (Å²) in [6.45, 7) is 4.63. The summed E-state index contributed by atoms with van der Waals surface area (Å²) in [5.74, 6) is 1.92. The van der Waals surface area contributed by atoms with Crippen LogP contribution in [0.5, 0.6) is 0 Å². The smallest absolute Gasteiger partial charge is 0.164 e. The molecule has 3 heterocycles. The van der Waals surface area contributed by atoms with Crippen molar-refractivity contribution in [2.75, 3.05) is 4.90 Å². The van der Waals surface area contributed by atoms with Crippen LogP contribution in [0.4, 0.5) is 17.1 Å². The van der Waals surface area contributed by atoms with E-state index in [0.29, 0.717) is 17.5 Å². The molecule has 0 unspecified atom stereocenters. The predicted molar refractivity (Wildman–Crippen MR) is 256 cm³/mol. The molecule has 0 radical (unpaired) electrons. The first-order chi connectivity index (χ1) is 31.0. The number of fused-ring (bicyclic) bond motifs is 2. The van der Waals surface area contributed by atoms with Gasteiger partial charge in [-0.05, 0) is 65.2 Å². The maximum Gasteiger partial charge on any atom is 0.164 e. The molecule has 1 aliphatic rings. The second kappa shape index (κ2) is 15.7. The van der Waals surface area contributed by atoms with E-state index in [1.165, 1.54) is 11.1 Å². The van der Waals surface area contributed by atoms with Crippen LogP contribution in [-0.4, -0.2) is 24.7 Å². The summed E-state index contributed by atoms with van der Waals surface area (Å²) in [4.78, 5) is 17.5. The monoisotopic (exact) mass is 810 g/mol. The first-order valence-electron chi connectivity index (χ1n) is 21.3. The Morgan fingerprint density at radius 1 is 0.365 bits per heavy atom. The Morgan fingerprint density at radius 3 is 1.41 bits per heavy atom. The van der Waals surface area contributed by atoms with Gasteiger partial charge in [-0.2, -0.15) is 5.10 Å². The fourth-order valence-electron chi connectivity index (χ4n) is 8.94. The van der Waals surface area contributed by atoms with Gasteiger partial charge in [-0.25, -0.2) is 19.6 Å². The van der Waals surface area contributed by atoms with Gasteiger partial charge in [0.1, 0.15) is 5.69 Å². The molecule has 11 rings (SSSR count). The van der Waals surface area contributed by atoms with Crippen LogP contribution in [-0.2, 0) is 5.41 Å². The van der Waals surface area contributed by atoms with Crippen LogP contribution in [0.15, 0.2) is 218 Å². The number of rotatable bonds is 8. The predicted octanol–water partition coefficient (Wildman–Crippen LogP) is 14.2. The van der Waals surface area contributed by atoms with Crippen molar-refractivity contribution in [3.05, 3.63) is 230 Å². The molecular weight excluding hydrogens is 769 g/mol. The molecule has 0 saturated heterocycles. The van der Waals surface area contributed by atoms with E-state index in [9.17, 15) is 0 Å². The Balaban J connectivity index is 1.06. The highest BCUT2D eigenvalue weighted by Gasteiger charge is 2.37. The molecule has 0 amide bonds. The number of para-hydroxylation sites is 2. The lowest BCUT2D eigenvalue weighted by molar-refractivity contribution is 0.632. The van der Waals surface area contributed by atoms with Gasteiger partial charge >= 0.3 is 0 Å². The van der Waals surface area contributed by atoms with E-state index in [1.807, 2.05) is 66.7 Å². The van der Waals surface area contributed by atoms with Crippen molar-refractivity contribution in [1.29, 1.82) is 0 Å². The fraction of sp³-hybridized carbons (Fsp3) is 0.0526. The van der Waals surface area contributed by atoms with Gasteiger partial charge in [-0.15, -0.1) is 0 Å². The second-order valence-corrected chi connectivity index (χ2v) is 16.3. The van der Waals surface area contributed by atoms with Gasteiger partial charge < -0.3 is 4.90 Å². The first kappa shape index (κ1) is 37.8. The summed E-state index contributed by atoms with van der Waals surface area (Å²) in [5, 5.41) is 5.36. The van der Waals surface area contributed by atoms with Crippen molar-refractivity contribution in [2.45, 2.75) is 19.3 Å². The molecule has 2 aromatic heterocycles. The Morgan fingerprint density at radius 2 is 0.825 bits per heavy atom. The minimum atomic E-state index is -0.322. The normalized spacial score (nSPS) is 12.7. The highest BCUT2D eigenvalue weighted by molar-refractivity contribution is 5.94. The van der Waals surface area contributed by atoms with E-state index in [1.54, 1.807) is 0 Å². The Bertz CT molecular complexity index is 3160. The molecule has 6 nitrogen and oxygen atoms in total. The van der Waals surface area contributed by atoms with Crippen molar-refractivity contribution >= 4 is 17.1 Å². The molecule has 0 fully saturated rings. The van der Waals surface area contributed by atoms with Crippen LogP contribution < -0.4 is 4.90 Å². The number of hydrogen-bond acceptors (Lipinski definition) is 5. The molecule has 8 aromatic carbocycles. The Labute approximate surface area is 367 Å². The molecule has 0 aliphatic carbocycles. The van der Waals surface area contributed by atoms with Crippen LogP contribution in [0.2, 0.25) is 0 Å². The lowest BCUT2D eigenvalue weighted by Crippen LogP contribution is -2.30. The number of hydrogen-bond donors (Lipinski definition) is 0. The minimum absolute atomic E-state index is 0.322. The van der Waals surface area contributed by atoms with Gasteiger partial charge in [-0.1, -0.05) is 184 Å². The Kier molecular flexibility index (Phi) is 9.39.